The minimum absolute atomic E-state index is 0.143. The second-order valence-electron chi connectivity index (χ2n) is 4.82. The Morgan fingerprint density at radius 2 is 2.05 bits per heavy atom. The minimum Gasteiger partial charge on any atom is -0.382 e. The van der Waals surface area contributed by atoms with Gasteiger partial charge in [0, 0.05) is 26.0 Å². The second kappa shape index (κ2) is 8.34. The molecular weight excluding hydrogens is 268 g/mol. The van der Waals surface area contributed by atoms with Crippen molar-refractivity contribution in [2.75, 3.05) is 32.6 Å². The lowest BCUT2D eigenvalue weighted by Crippen LogP contribution is -2.44. The molecule has 0 aliphatic carbocycles. The molecule has 0 aliphatic heterocycles. The maximum atomic E-state index is 11.5. The fourth-order valence-electron chi connectivity index (χ4n) is 1.06. The van der Waals surface area contributed by atoms with E-state index in [-0.39, 0.29) is 6.54 Å². The quantitative estimate of drug-likeness (QED) is 0.186. The van der Waals surface area contributed by atoms with Crippen molar-refractivity contribution in [3.63, 3.8) is 0 Å². The van der Waals surface area contributed by atoms with E-state index in [9.17, 15) is 8.42 Å². The van der Waals surface area contributed by atoms with E-state index in [4.69, 9.17) is 10.6 Å². The molecule has 0 saturated heterocycles. The summed E-state index contributed by atoms with van der Waals surface area (Å²) in [7, 11) is -3.16. The molecule has 7 nitrogen and oxygen atoms in total. The van der Waals surface area contributed by atoms with Crippen LogP contribution in [-0.2, 0) is 14.6 Å². The molecule has 0 amide bonds. The maximum absolute atomic E-state index is 11.5. The topological polar surface area (TPSA) is 106 Å². The van der Waals surface area contributed by atoms with Crippen molar-refractivity contribution in [3.8, 4) is 0 Å². The summed E-state index contributed by atoms with van der Waals surface area (Å²) in [6.07, 6.45) is 2.03. The van der Waals surface area contributed by atoms with Gasteiger partial charge < -0.3 is 10.1 Å². The lowest BCUT2D eigenvalue weighted by atomic mass is 10.2. The summed E-state index contributed by atoms with van der Waals surface area (Å²) < 4.78 is 27.3. The SMILES string of the molecule is CCOCCCNC(=NCC(C)(C)S(C)(=O)=O)NN. The molecule has 0 bridgehead atoms. The van der Waals surface area contributed by atoms with E-state index in [0.29, 0.717) is 25.7 Å². The molecule has 0 atom stereocenters. The molecule has 4 N–H and O–H groups in total. The first-order valence-corrected chi connectivity index (χ1v) is 8.16. The number of rotatable bonds is 8. The Morgan fingerprint density at radius 1 is 1.42 bits per heavy atom. The van der Waals surface area contributed by atoms with Crippen molar-refractivity contribution in [2.45, 2.75) is 31.9 Å². The van der Waals surface area contributed by atoms with Crippen LogP contribution in [0.1, 0.15) is 27.2 Å². The van der Waals surface area contributed by atoms with Gasteiger partial charge in [0.2, 0.25) is 5.96 Å². The molecule has 114 valence electrons. The number of nitrogens with zero attached hydrogens (tertiary/aromatic N) is 1. The molecule has 0 rings (SSSR count). The summed E-state index contributed by atoms with van der Waals surface area (Å²) in [6, 6.07) is 0. The third-order valence-corrected chi connectivity index (χ3v) is 4.86. The van der Waals surface area contributed by atoms with Gasteiger partial charge in [0.25, 0.3) is 0 Å². The van der Waals surface area contributed by atoms with Gasteiger partial charge in [0.1, 0.15) is 0 Å². The van der Waals surface area contributed by atoms with Crippen LogP contribution in [0.5, 0.6) is 0 Å². The Bertz CT molecular complexity index is 379. The van der Waals surface area contributed by atoms with E-state index in [1.165, 1.54) is 6.26 Å². The average molecular weight is 294 g/mol. The Balaban J connectivity index is 4.26. The van der Waals surface area contributed by atoms with Crippen molar-refractivity contribution < 1.29 is 13.2 Å². The predicted molar refractivity (Wildman–Crippen MR) is 77.7 cm³/mol. The molecule has 19 heavy (non-hydrogen) atoms. The Labute approximate surface area is 115 Å². The fraction of sp³-hybridized carbons (Fsp3) is 0.909. The van der Waals surface area contributed by atoms with Gasteiger partial charge in [-0.25, -0.2) is 14.3 Å². The zero-order valence-corrected chi connectivity index (χ0v) is 13.0. The largest absolute Gasteiger partial charge is 0.382 e. The molecule has 0 aromatic rings. The van der Waals surface area contributed by atoms with E-state index >= 15 is 0 Å². The molecule has 0 unspecified atom stereocenters. The minimum atomic E-state index is -3.16. The molecule has 0 heterocycles. The normalized spacial score (nSPS) is 13.4. The molecule has 0 aromatic heterocycles. The molecule has 0 saturated carbocycles. The first kappa shape index (κ1) is 18.1. The van der Waals surface area contributed by atoms with Crippen LogP contribution in [0.4, 0.5) is 0 Å². The zero-order valence-electron chi connectivity index (χ0n) is 12.2. The monoisotopic (exact) mass is 294 g/mol. The highest BCUT2D eigenvalue weighted by Crippen LogP contribution is 2.14. The van der Waals surface area contributed by atoms with Gasteiger partial charge in [-0.3, -0.25) is 10.4 Å². The molecule has 0 aromatic carbocycles. The number of hydrogen-bond acceptors (Lipinski definition) is 5. The number of aliphatic imine (C=N–C) groups is 1. The van der Waals surface area contributed by atoms with E-state index in [1.54, 1.807) is 13.8 Å². The van der Waals surface area contributed by atoms with Crippen LogP contribution in [-0.4, -0.2) is 51.7 Å². The molecule has 0 spiro atoms. The van der Waals surface area contributed by atoms with Crippen LogP contribution in [0.3, 0.4) is 0 Å². The molecular formula is C11H26N4O3S. The van der Waals surface area contributed by atoms with Gasteiger partial charge in [-0.15, -0.1) is 0 Å². The van der Waals surface area contributed by atoms with Gasteiger partial charge in [-0.1, -0.05) is 0 Å². The number of hydrazine groups is 1. The maximum Gasteiger partial charge on any atom is 0.205 e. The third kappa shape index (κ3) is 7.34. The lowest BCUT2D eigenvalue weighted by Gasteiger charge is -2.20. The number of guanidine groups is 1. The van der Waals surface area contributed by atoms with Gasteiger partial charge in [-0.2, -0.15) is 0 Å². The smallest absolute Gasteiger partial charge is 0.205 e. The van der Waals surface area contributed by atoms with Gasteiger partial charge in [0.15, 0.2) is 9.84 Å². The van der Waals surface area contributed by atoms with Gasteiger partial charge in [0.05, 0.1) is 11.3 Å². The van der Waals surface area contributed by atoms with Crippen LogP contribution in [0.25, 0.3) is 0 Å². The van der Waals surface area contributed by atoms with E-state index < -0.39 is 14.6 Å². The Hall–Kier alpha value is -0.860. The van der Waals surface area contributed by atoms with Crippen molar-refractivity contribution in [2.24, 2.45) is 10.8 Å². The van der Waals surface area contributed by atoms with Gasteiger partial charge >= 0.3 is 0 Å². The number of sulfone groups is 1. The summed E-state index contributed by atoms with van der Waals surface area (Å²) in [5.41, 5.74) is 2.42. The van der Waals surface area contributed by atoms with E-state index in [0.717, 1.165) is 6.42 Å². The zero-order chi connectivity index (χ0) is 14.9. The molecule has 0 fully saturated rings. The van der Waals surface area contributed by atoms with Crippen LogP contribution in [0, 0.1) is 0 Å². The van der Waals surface area contributed by atoms with Crippen LogP contribution >= 0.6 is 0 Å². The molecule has 0 aliphatic rings. The highest BCUT2D eigenvalue weighted by atomic mass is 32.2. The van der Waals surface area contributed by atoms with Crippen LogP contribution < -0.4 is 16.6 Å². The summed E-state index contributed by atoms with van der Waals surface area (Å²) in [5.74, 6) is 5.71. The van der Waals surface area contributed by atoms with E-state index in [2.05, 4.69) is 15.7 Å². The highest BCUT2D eigenvalue weighted by molar-refractivity contribution is 7.92. The van der Waals surface area contributed by atoms with Crippen molar-refractivity contribution in [1.29, 1.82) is 0 Å². The summed E-state index contributed by atoms with van der Waals surface area (Å²) in [5, 5.41) is 2.99. The third-order valence-electron chi connectivity index (χ3n) is 2.72. The van der Waals surface area contributed by atoms with Crippen LogP contribution in [0.15, 0.2) is 4.99 Å². The number of hydrogen-bond donors (Lipinski definition) is 3. The van der Waals surface area contributed by atoms with Crippen molar-refractivity contribution >= 4 is 15.8 Å². The molecule has 8 heteroatoms. The Morgan fingerprint density at radius 3 is 2.53 bits per heavy atom. The summed E-state index contributed by atoms with van der Waals surface area (Å²) >= 11 is 0. The average Bonchev–Trinajstić information content (AvgIpc) is 2.31. The Kier molecular flexibility index (Phi) is 7.96. The number of nitrogens with two attached hydrogens (primary N) is 1. The number of nitrogens with one attached hydrogen (secondary N) is 2. The van der Waals surface area contributed by atoms with Crippen LogP contribution in [0.2, 0.25) is 0 Å². The number of ether oxygens (including phenoxy) is 1. The van der Waals surface area contributed by atoms with Gasteiger partial charge in [-0.05, 0) is 27.2 Å². The molecule has 0 radical (unpaired) electrons. The first-order chi connectivity index (χ1) is 8.74. The summed E-state index contributed by atoms with van der Waals surface area (Å²) in [6.45, 7) is 7.36. The van der Waals surface area contributed by atoms with Crippen molar-refractivity contribution in [1.82, 2.24) is 10.7 Å². The standard InChI is InChI=1S/C11H26N4O3S/c1-5-18-8-6-7-13-10(15-12)14-9-11(2,3)19(4,16)17/h5-9,12H2,1-4H3,(H2,13,14,15). The highest BCUT2D eigenvalue weighted by Gasteiger charge is 2.29. The second-order valence-corrected chi connectivity index (χ2v) is 7.47. The predicted octanol–water partition coefficient (Wildman–Crippen LogP) is -0.355. The van der Waals surface area contributed by atoms with E-state index in [1.807, 2.05) is 6.92 Å². The fourth-order valence-corrected chi connectivity index (χ4v) is 1.36. The lowest BCUT2D eigenvalue weighted by molar-refractivity contribution is 0.145. The van der Waals surface area contributed by atoms with Crippen molar-refractivity contribution in [3.05, 3.63) is 0 Å². The summed E-state index contributed by atoms with van der Waals surface area (Å²) in [4.78, 5) is 4.15. The first-order valence-electron chi connectivity index (χ1n) is 6.27.